The normalized spacial score (nSPS) is 11.1. The number of aliphatic carboxylic acids is 1. The summed E-state index contributed by atoms with van der Waals surface area (Å²) in [4.78, 5) is 12.4. The summed E-state index contributed by atoms with van der Waals surface area (Å²) in [6.07, 6.45) is 2.72. The van der Waals surface area contributed by atoms with E-state index in [-0.39, 0.29) is 0 Å². The van der Waals surface area contributed by atoms with Gasteiger partial charge >= 0.3 is 5.97 Å². The van der Waals surface area contributed by atoms with Crippen LogP contribution in [0.2, 0.25) is 0 Å². The number of benzene rings is 1. The van der Waals surface area contributed by atoms with Gasteiger partial charge in [0.2, 0.25) is 0 Å². The molecule has 3 heteroatoms. The molecule has 0 heterocycles. The van der Waals surface area contributed by atoms with Gasteiger partial charge in [-0.25, -0.2) is 4.79 Å². The molecule has 0 radical (unpaired) electrons. The molecule has 1 rings (SSSR count). The molecule has 0 aliphatic rings. The van der Waals surface area contributed by atoms with Gasteiger partial charge in [-0.1, -0.05) is 24.3 Å². The third-order valence-electron chi connectivity index (χ3n) is 1.90. The summed E-state index contributed by atoms with van der Waals surface area (Å²) in [7, 11) is 4.02. The van der Waals surface area contributed by atoms with Crippen molar-refractivity contribution in [2.24, 2.45) is 0 Å². The van der Waals surface area contributed by atoms with Crippen LogP contribution in [0.5, 0.6) is 0 Å². The highest BCUT2D eigenvalue weighted by Gasteiger charge is 1.94. The fourth-order valence-corrected chi connectivity index (χ4v) is 1.27. The first-order valence-electron chi connectivity index (χ1n) is 4.72. The summed E-state index contributed by atoms with van der Waals surface area (Å²) >= 11 is 0. The number of carboxylic acid groups (broad SMARTS) is 1. The second kappa shape index (κ2) is 5.32. The number of hydrogen-bond donors (Lipinski definition) is 1. The molecule has 0 unspecified atom stereocenters. The predicted molar refractivity (Wildman–Crippen MR) is 60.5 cm³/mol. The van der Waals surface area contributed by atoms with Crippen LogP contribution in [-0.2, 0) is 11.3 Å². The maximum absolute atomic E-state index is 10.3. The molecular weight excluding hydrogens is 190 g/mol. The standard InChI is InChI=1S/C12H15NO2/c1-13(2)9-11-5-3-10(4-6-11)7-8-12(14)15/h3-8H,9H2,1-2H3,(H,14,15)/b8-7+. The smallest absolute Gasteiger partial charge is 0.328 e. The van der Waals surface area contributed by atoms with Crippen LogP contribution in [0.15, 0.2) is 30.3 Å². The quantitative estimate of drug-likeness (QED) is 0.762. The van der Waals surface area contributed by atoms with Gasteiger partial charge in [-0.2, -0.15) is 0 Å². The number of carbonyl (C=O) groups is 1. The van der Waals surface area contributed by atoms with Crippen molar-refractivity contribution in [3.05, 3.63) is 41.5 Å². The van der Waals surface area contributed by atoms with E-state index in [4.69, 9.17) is 5.11 Å². The van der Waals surface area contributed by atoms with Crippen LogP contribution in [0.3, 0.4) is 0 Å². The zero-order chi connectivity index (χ0) is 11.3. The van der Waals surface area contributed by atoms with Gasteiger partial charge in [0.05, 0.1) is 0 Å². The van der Waals surface area contributed by atoms with Crippen LogP contribution < -0.4 is 0 Å². The first kappa shape index (κ1) is 11.5. The van der Waals surface area contributed by atoms with Crippen molar-refractivity contribution < 1.29 is 9.90 Å². The van der Waals surface area contributed by atoms with E-state index in [1.807, 2.05) is 38.4 Å². The van der Waals surface area contributed by atoms with E-state index in [9.17, 15) is 4.79 Å². The number of rotatable bonds is 4. The SMILES string of the molecule is CN(C)Cc1ccc(/C=C/C(=O)O)cc1. The molecule has 1 aromatic rings. The van der Waals surface area contributed by atoms with Crippen LogP contribution in [0.4, 0.5) is 0 Å². The number of hydrogen-bond acceptors (Lipinski definition) is 2. The Morgan fingerprint density at radius 1 is 1.33 bits per heavy atom. The minimum absolute atomic E-state index is 0.892. The van der Waals surface area contributed by atoms with E-state index >= 15 is 0 Å². The van der Waals surface area contributed by atoms with Crippen LogP contribution >= 0.6 is 0 Å². The van der Waals surface area contributed by atoms with Crippen LogP contribution in [0.1, 0.15) is 11.1 Å². The van der Waals surface area contributed by atoms with Gasteiger partial charge in [0, 0.05) is 12.6 Å². The lowest BCUT2D eigenvalue weighted by Crippen LogP contribution is -2.10. The Kier molecular flexibility index (Phi) is 4.06. The average molecular weight is 205 g/mol. The van der Waals surface area contributed by atoms with Gasteiger partial charge in [0.1, 0.15) is 0 Å². The van der Waals surface area contributed by atoms with Crippen molar-refractivity contribution >= 4 is 12.0 Å². The maximum Gasteiger partial charge on any atom is 0.328 e. The Bertz CT molecular complexity index is 352. The van der Waals surface area contributed by atoms with Crippen molar-refractivity contribution in [2.75, 3.05) is 14.1 Å². The molecule has 1 aromatic carbocycles. The monoisotopic (exact) mass is 205 g/mol. The van der Waals surface area contributed by atoms with Crippen molar-refractivity contribution in [3.63, 3.8) is 0 Å². The predicted octanol–water partition coefficient (Wildman–Crippen LogP) is 1.85. The average Bonchev–Trinajstić information content (AvgIpc) is 2.16. The highest BCUT2D eigenvalue weighted by atomic mass is 16.4. The molecule has 0 saturated carbocycles. The van der Waals surface area contributed by atoms with Crippen molar-refractivity contribution in [1.29, 1.82) is 0 Å². The minimum Gasteiger partial charge on any atom is -0.478 e. The first-order chi connectivity index (χ1) is 7.08. The molecular formula is C12H15NO2. The van der Waals surface area contributed by atoms with Gasteiger partial charge in [-0.05, 0) is 31.3 Å². The van der Waals surface area contributed by atoms with E-state index in [1.165, 1.54) is 5.56 Å². The Labute approximate surface area is 89.6 Å². The lowest BCUT2D eigenvalue weighted by atomic mass is 10.1. The highest BCUT2D eigenvalue weighted by molar-refractivity contribution is 5.85. The summed E-state index contributed by atoms with van der Waals surface area (Å²) in [5.74, 6) is -0.924. The molecule has 15 heavy (non-hydrogen) atoms. The van der Waals surface area contributed by atoms with E-state index in [2.05, 4.69) is 4.90 Å². The van der Waals surface area contributed by atoms with Crippen LogP contribution in [-0.4, -0.2) is 30.1 Å². The lowest BCUT2D eigenvalue weighted by molar-refractivity contribution is -0.131. The minimum atomic E-state index is -0.924. The molecule has 0 spiro atoms. The second-order valence-corrected chi connectivity index (χ2v) is 3.65. The Hall–Kier alpha value is -1.61. The maximum atomic E-state index is 10.3. The first-order valence-corrected chi connectivity index (χ1v) is 4.72. The van der Waals surface area contributed by atoms with E-state index in [0.29, 0.717) is 0 Å². The fourth-order valence-electron chi connectivity index (χ4n) is 1.27. The Morgan fingerprint density at radius 2 is 1.93 bits per heavy atom. The van der Waals surface area contributed by atoms with Gasteiger partial charge < -0.3 is 10.0 Å². The summed E-state index contributed by atoms with van der Waals surface area (Å²) < 4.78 is 0. The molecule has 0 aliphatic carbocycles. The summed E-state index contributed by atoms with van der Waals surface area (Å²) in [6, 6.07) is 7.83. The summed E-state index contributed by atoms with van der Waals surface area (Å²) in [6.45, 7) is 0.892. The van der Waals surface area contributed by atoms with E-state index in [1.54, 1.807) is 6.08 Å². The molecule has 1 N–H and O–H groups in total. The molecule has 0 amide bonds. The molecule has 0 saturated heterocycles. The van der Waals surface area contributed by atoms with Gasteiger partial charge in [0.25, 0.3) is 0 Å². The molecule has 0 aliphatic heterocycles. The van der Waals surface area contributed by atoms with Crippen molar-refractivity contribution in [2.45, 2.75) is 6.54 Å². The lowest BCUT2D eigenvalue weighted by Gasteiger charge is -2.09. The van der Waals surface area contributed by atoms with Gasteiger partial charge in [0.15, 0.2) is 0 Å². The third-order valence-corrected chi connectivity index (χ3v) is 1.90. The van der Waals surface area contributed by atoms with E-state index < -0.39 is 5.97 Å². The molecule has 80 valence electrons. The summed E-state index contributed by atoms with van der Waals surface area (Å²) in [5, 5.41) is 8.45. The molecule has 0 aromatic heterocycles. The summed E-state index contributed by atoms with van der Waals surface area (Å²) in [5.41, 5.74) is 2.12. The fraction of sp³-hybridized carbons (Fsp3) is 0.250. The van der Waals surface area contributed by atoms with Crippen molar-refractivity contribution in [3.8, 4) is 0 Å². The molecule has 0 atom stereocenters. The molecule has 0 fully saturated rings. The largest absolute Gasteiger partial charge is 0.478 e. The van der Waals surface area contributed by atoms with Crippen LogP contribution in [0, 0.1) is 0 Å². The van der Waals surface area contributed by atoms with Crippen molar-refractivity contribution in [1.82, 2.24) is 4.90 Å². The second-order valence-electron chi connectivity index (χ2n) is 3.65. The molecule has 3 nitrogen and oxygen atoms in total. The topological polar surface area (TPSA) is 40.5 Å². The van der Waals surface area contributed by atoms with E-state index in [0.717, 1.165) is 18.2 Å². The van der Waals surface area contributed by atoms with Gasteiger partial charge in [-0.3, -0.25) is 0 Å². The molecule has 0 bridgehead atoms. The zero-order valence-corrected chi connectivity index (χ0v) is 8.97. The highest BCUT2D eigenvalue weighted by Crippen LogP contribution is 2.07. The van der Waals surface area contributed by atoms with Crippen LogP contribution in [0.25, 0.3) is 6.08 Å². The number of carboxylic acids is 1. The Morgan fingerprint density at radius 3 is 2.40 bits per heavy atom. The Balaban J connectivity index is 2.68. The third kappa shape index (κ3) is 4.42. The number of nitrogens with zero attached hydrogens (tertiary/aromatic N) is 1. The zero-order valence-electron chi connectivity index (χ0n) is 8.97. The van der Waals surface area contributed by atoms with Gasteiger partial charge in [-0.15, -0.1) is 0 Å².